The van der Waals surface area contributed by atoms with Crippen molar-refractivity contribution in [3.05, 3.63) is 71.2 Å². The number of allylic oxidation sites excluding steroid dienone is 2. The first-order valence-corrected chi connectivity index (χ1v) is 6.21. The van der Waals surface area contributed by atoms with Crippen LogP contribution in [-0.4, -0.2) is 15.6 Å². The Bertz CT molecular complexity index is 756. The van der Waals surface area contributed by atoms with Crippen LogP contribution in [0.1, 0.15) is 16.1 Å². The number of carboxylic acids is 1. The van der Waals surface area contributed by atoms with Crippen LogP contribution in [0, 0.1) is 0 Å². The highest BCUT2D eigenvalue weighted by atomic mass is 16.4. The molecule has 20 heavy (non-hydrogen) atoms. The second-order valence-electron chi connectivity index (χ2n) is 4.38. The van der Waals surface area contributed by atoms with Gasteiger partial charge in [0.1, 0.15) is 5.69 Å². The number of benzene rings is 1. The highest BCUT2D eigenvalue weighted by molar-refractivity contribution is 5.96. The van der Waals surface area contributed by atoms with Gasteiger partial charge in [-0.2, -0.15) is 0 Å². The minimum Gasteiger partial charge on any atom is -0.477 e. The molecule has 0 aliphatic rings. The fraction of sp³-hybridized carbons (Fsp3) is 0.125. The summed E-state index contributed by atoms with van der Waals surface area (Å²) in [6, 6.07) is 7.02. The molecule has 1 aromatic carbocycles. The molecule has 1 N–H and O–H groups in total. The van der Waals surface area contributed by atoms with E-state index in [2.05, 4.69) is 13.2 Å². The molecule has 0 spiro atoms. The smallest absolute Gasteiger partial charge is 0.352 e. The third kappa shape index (κ3) is 2.16. The van der Waals surface area contributed by atoms with Gasteiger partial charge in [0.2, 0.25) is 0 Å². The van der Waals surface area contributed by atoms with Gasteiger partial charge in [-0.1, -0.05) is 30.4 Å². The molecular weight excluding hydrogens is 254 g/mol. The second kappa shape index (κ2) is 5.57. The molecule has 4 nitrogen and oxygen atoms in total. The van der Waals surface area contributed by atoms with Crippen molar-refractivity contribution >= 4 is 16.7 Å². The monoisotopic (exact) mass is 269 g/mol. The number of pyridine rings is 1. The van der Waals surface area contributed by atoms with Crippen molar-refractivity contribution in [3.63, 3.8) is 0 Å². The van der Waals surface area contributed by atoms with Gasteiger partial charge in [0.15, 0.2) is 0 Å². The fourth-order valence-corrected chi connectivity index (χ4v) is 2.37. The third-order valence-corrected chi connectivity index (χ3v) is 3.15. The Morgan fingerprint density at radius 2 is 1.85 bits per heavy atom. The summed E-state index contributed by atoms with van der Waals surface area (Å²) in [7, 11) is 0. The predicted molar refractivity (Wildman–Crippen MR) is 79.3 cm³/mol. The van der Waals surface area contributed by atoms with E-state index in [4.69, 9.17) is 0 Å². The molecule has 0 fully saturated rings. The predicted octanol–water partition coefficient (Wildman–Crippen LogP) is 2.61. The van der Waals surface area contributed by atoms with Gasteiger partial charge in [0, 0.05) is 11.9 Å². The normalized spacial score (nSPS) is 10.4. The van der Waals surface area contributed by atoms with E-state index in [9.17, 15) is 14.7 Å². The van der Waals surface area contributed by atoms with Crippen LogP contribution >= 0.6 is 0 Å². The largest absolute Gasteiger partial charge is 0.477 e. The first-order chi connectivity index (χ1) is 9.61. The summed E-state index contributed by atoms with van der Waals surface area (Å²) < 4.78 is 1.25. The average Bonchev–Trinajstić information content (AvgIpc) is 2.44. The van der Waals surface area contributed by atoms with Gasteiger partial charge in [0.25, 0.3) is 5.56 Å². The summed E-state index contributed by atoms with van der Waals surface area (Å²) in [5.41, 5.74) is 0.295. The molecule has 0 unspecified atom stereocenters. The zero-order chi connectivity index (χ0) is 14.7. The molecule has 1 heterocycles. The Kier molecular flexibility index (Phi) is 3.84. The molecule has 0 amide bonds. The van der Waals surface area contributed by atoms with Gasteiger partial charge >= 0.3 is 5.97 Å². The Morgan fingerprint density at radius 1 is 1.20 bits per heavy atom. The van der Waals surface area contributed by atoms with Crippen LogP contribution < -0.4 is 5.56 Å². The van der Waals surface area contributed by atoms with Crippen molar-refractivity contribution in [2.45, 2.75) is 13.0 Å². The van der Waals surface area contributed by atoms with Crippen LogP contribution in [0.15, 0.2) is 54.4 Å². The topological polar surface area (TPSA) is 59.3 Å². The lowest BCUT2D eigenvalue weighted by atomic mass is 10.0. The van der Waals surface area contributed by atoms with Crippen molar-refractivity contribution in [1.29, 1.82) is 0 Å². The molecule has 0 aliphatic heterocycles. The molecule has 0 radical (unpaired) electrons. The average molecular weight is 269 g/mol. The Hall–Kier alpha value is -2.62. The van der Waals surface area contributed by atoms with Gasteiger partial charge in [-0.25, -0.2) is 4.79 Å². The zero-order valence-corrected chi connectivity index (χ0v) is 11.0. The fourth-order valence-electron chi connectivity index (χ4n) is 2.37. The van der Waals surface area contributed by atoms with Crippen LogP contribution in [0.3, 0.4) is 0 Å². The highest BCUT2D eigenvalue weighted by Gasteiger charge is 2.19. The molecule has 0 aliphatic carbocycles. The molecule has 0 bridgehead atoms. The van der Waals surface area contributed by atoms with E-state index in [0.717, 1.165) is 0 Å². The molecular formula is C16H15NO3. The zero-order valence-electron chi connectivity index (χ0n) is 11.0. The third-order valence-electron chi connectivity index (χ3n) is 3.15. The number of nitrogens with zero attached hydrogens (tertiary/aromatic N) is 1. The van der Waals surface area contributed by atoms with Crippen molar-refractivity contribution in [1.82, 2.24) is 4.57 Å². The lowest BCUT2D eigenvalue weighted by Gasteiger charge is -2.15. The minimum atomic E-state index is -1.12. The first-order valence-electron chi connectivity index (χ1n) is 6.21. The molecule has 0 saturated heterocycles. The van der Waals surface area contributed by atoms with E-state index in [1.165, 1.54) is 10.6 Å². The van der Waals surface area contributed by atoms with Crippen LogP contribution in [0.5, 0.6) is 0 Å². The maximum atomic E-state index is 12.4. The van der Waals surface area contributed by atoms with Gasteiger partial charge in [-0.3, -0.25) is 9.36 Å². The van der Waals surface area contributed by atoms with E-state index < -0.39 is 5.97 Å². The van der Waals surface area contributed by atoms with E-state index in [-0.39, 0.29) is 17.8 Å². The number of hydrogen-bond donors (Lipinski definition) is 1. The van der Waals surface area contributed by atoms with Crippen LogP contribution in [0.4, 0.5) is 0 Å². The molecule has 0 saturated carbocycles. The molecule has 2 rings (SSSR count). The Balaban J connectivity index is 3.01. The lowest BCUT2D eigenvalue weighted by molar-refractivity contribution is 0.0683. The SMILES string of the molecule is C=CCc1c(C(=O)O)n(CC=C)c(=O)c2ccccc12. The summed E-state index contributed by atoms with van der Waals surface area (Å²) in [6.07, 6.45) is 3.54. The van der Waals surface area contributed by atoms with Gasteiger partial charge in [-0.15, -0.1) is 13.2 Å². The quantitative estimate of drug-likeness (QED) is 0.849. The highest BCUT2D eigenvalue weighted by Crippen LogP contribution is 2.21. The molecule has 1 aromatic heterocycles. The van der Waals surface area contributed by atoms with Crippen molar-refractivity contribution < 1.29 is 9.90 Å². The van der Waals surface area contributed by atoms with Crippen molar-refractivity contribution in [2.24, 2.45) is 0 Å². The Morgan fingerprint density at radius 3 is 2.40 bits per heavy atom. The number of carboxylic acid groups (broad SMARTS) is 1. The van der Waals surface area contributed by atoms with E-state index in [1.54, 1.807) is 30.3 Å². The second-order valence-corrected chi connectivity index (χ2v) is 4.38. The molecule has 4 heteroatoms. The summed E-state index contributed by atoms with van der Waals surface area (Å²) in [4.78, 5) is 24.0. The van der Waals surface area contributed by atoms with Gasteiger partial charge in [0.05, 0.1) is 0 Å². The summed E-state index contributed by atoms with van der Waals surface area (Å²) >= 11 is 0. The van der Waals surface area contributed by atoms with Crippen molar-refractivity contribution in [3.8, 4) is 0 Å². The summed E-state index contributed by atoms with van der Waals surface area (Å²) in [6.45, 7) is 7.40. The molecule has 0 atom stereocenters. The van der Waals surface area contributed by atoms with Gasteiger partial charge < -0.3 is 5.11 Å². The van der Waals surface area contributed by atoms with E-state index in [1.807, 2.05) is 0 Å². The lowest BCUT2D eigenvalue weighted by Crippen LogP contribution is -2.27. The molecule has 2 aromatic rings. The summed E-state index contributed by atoms with van der Waals surface area (Å²) in [5.74, 6) is -1.12. The summed E-state index contributed by atoms with van der Waals surface area (Å²) in [5, 5.41) is 10.6. The van der Waals surface area contributed by atoms with Crippen LogP contribution in [0.2, 0.25) is 0 Å². The van der Waals surface area contributed by atoms with Crippen LogP contribution in [-0.2, 0) is 13.0 Å². The number of aromatic carboxylic acids is 1. The van der Waals surface area contributed by atoms with Crippen LogP contribution in [0.25, 0.3) is 10.8 Å². The Labute approximate surface area is 116 Å². The van der Waals surface area contributed by atoms with Gasteiger partial charge in [-0.05, 0) is 23.4 Å². The van der Waals surface area contributed by atoms with E-state index >= 15 is 0 Å². The van der Waals surface area contributed by atoms with Crippen molar-refractivity contribution in [2.75, 3.05) is 0 Å². The minimum absolute atomic E-state index is 0.00787. The maximum Gasteiger partial charge on any atom is 0.352 e. The standard InChI is InChI=1S/C16H15NO3/c1-3-7-12-11-8-5-6-9-13(11)15(18)17(10-4-2)14(12)16(19)20/h3-6,8-9H,1-2,7,10H2,(H,19,20). The number of hydrogen-bond acceptors (Lipinski definition) is 2. The number of rotatable bonds is 5. The van der Waals surface area contributed by atoms with E-state index in [0.29, 0.717) is 22.8 Å². The number of fused-ring (bicyclic) bond motifs is 1. The first kappa shape index (κ1) is 13.8. The number of aromatic nitrogens is 1. The molecule has 102 valence electrons. The number of carbonyl (C=O) groups is 1. The maximum absolute atomic E-state index is 12.4.